The van der Waals surface area contributed by atoms with E-state index in [1.165, 1.54) is 0 Å². The number of anilines is 1. The predicted molar refractivity (Wildman–Crippen MR) is 96.5 cm³/mol. The van der Waals surface area contributed by atoms with Crippen molar-refractivity contribution in [3.05, 3.63) is 35.2 Å². The first kappa shape index (κ1) is 17.1. The second kappa shape index (κ2) is 6.41. The van der Waals surface area contributed by atoms with Crippen LogP contribution in [-0.4, -0.2) is 43.1 Å². The number of carbonyl (C=O) groups is 1. The van der Waals surface area contributed by atoms with Crippen LogP contribution in [0.3, 0.4) is 0 Å². The van der Waals surface area contributed by atoms with E-state index in [0.717, 1.165) is 5.69 Å². The Morgan fingerprint density at radius 3 is 3.00 bits per heavy atom. The first-order chi connectivity index (χ1) is 13.0. The number of hydrogen-bond donors (Lipinski definition) is 2. The van der Waals surface area contributed by atoms with Crippen molar-refractivity contribution in [3.63, 3.8) is 0 Å². The maximum atomic E-state index is 12.8. The van der Waals surface area contributed by atoms with E-state index in [1.54, 1.807) is 27.4 Å². The minimum absolute atomic E-state index is 0.189. The Morgan fingerprint density at radius 2 is 2.30 bits per heavy atom. The normalized spacial score (nSPS) is 15.4. The molecule has 0 saturated heterocycles. The van der Waals surface area contributed by atoms with Crippen molar-refractivity contribution in [1.29, 1.82) is 5.26 Å². The zero-order valence-corrected chi connectivity index (χ0v) is 14.9. The fourth-order valence-electron chi connectivity index (χ4n) is 3.31. The minimum Gasteiger partial charge on any atom is -0.484 e. The van der Waals surface area contributed by atoms with Crippen molar-refractivity contribution in [1.82, 2.24) is 19.3 Å². The molecule has 138 valence electrons. The average Bonchev–Trinajstić information content (AvgIpc) is 3.22. The molecule has 3 aromatic rings. The summed E-state index contributed by atoms with van der Waals surface area (Å²) in [6.45, 7) is 4.47. The Kier molecular flexibility index (Phi) is 4.05. The molecule has 9 nitrogen and oxygen atoms in total. The molecule has 1 amide bonds. The largest absolute Gasteiger partial charge is 0.484 e. The molecule has 0 unspecified atom stereocenters. The molecule has 27 heavy (non-hydrogen) atoms. The van der Waals surface area contributed by atoms with E-state index >= 15 is 0 Å². The summed E-state index contributed by atoms with van der Waals surface area (Å²) in [5, 5.41) is 25.9. The number of aryl methyl sites for hydroxylation is 2. The van der Waals surface area contributed by atoms with Crippen molar-refractivity contribution in [2.75, 3.05) is 11.9 Å². The number of aromatic nitrogens is 4. The molecule has 0 fully saturated rings. The van der Waals surface area contributed by atoms with Gasteiger partial charge in [-0.15, -0.1) is 0 Å². The molecule has 0 radical (unpaired) electrons. The number of benzene rings is 1. The zero-order valence-electron chi connectivity index (χ0n) is 14.9. The quantitative estimate of drug-likeness (QED) is 0.721. The van der Waals surface area contributed by atoms with Gasteiger partial charge in [-0.3, -0.25) is 14.8 Å². The summed E-state index contributed by atoms with van der Waals surface area (Å²) in [6.07, 6.45) is -0.483. The fraction of sp³-hybridized carbons (Fsp3) is 0.333. The molecular formula is C18H18N6O3. The summed E-state index contributed by atoms with van der Waals surface area (Å²) >= 11 is 0. The number of nitrogens with zero attached hydrogens (tertiary/aromatic N) is 5. The molecule has 0 spiro atoms. The summed E-state index contributed by atoms with van der Waals surface area (Å²) in [6, 6.07) is 7.05. The third-order valence-electron chi connectivity index (χ3n) is 4.48. The minimum atomic E-state index is -0.483. The zero-order chi connectivity index (χ0) is 19.1. The number of ether oxygens (including phenoxy) is 1. The SMILES string of the molecule is CCn1nc(C)cc1C(=O)Nc1nc2cc(C#N)cc3c2n1C[C@@H](CO)O3. The number of aliphatic hydroxyl groups is 1. The van der Waals surface area contributed by atoms with Crippen molar-refractivity contribution in [2.24, 2.45) is 0 Å². The third kappa shape index (κ3) is 2.80. The maximum absolute atomic E-state index is 12.8. The lowest BCUT2D eigenvalue weighted by atomic mass is 10.1. The number of nitrogens with one attached hydrogen (secondary N) is 1. The van der Waals surface area contributed by atoms with Gasteiger partial charge in [0.15, 0.2) is 0 Å². The van der Waals surface area contributed by atoms with Gasteiger partial charge < -0.3 is 14.4 Å². The molecule has 2 aromatic heterocycles. The molecule has 9 heteroatoms. The van der Waals surface area contributed by atoms with Gasteiger partial charge in [0.05, 0.1) is 36.0 Å². The van der Waals surface area contributed by atoms with E-state index in [2.05, 4.69) is 21.5 Å². The van der Waals surface area contributed by atoms with Crippen LogP contribution in [0.5, 0.6) is 5.75 Å². The molecular weight excluding hydrogens is 348 g/mol. The van der Waals surface area contributed by atoms with E-state index in [-0.39, 0.29) is 12.5 Å². The van der Waals surface area contributed by atoms with Crippen molar-refractivity contribution in [3.8, 4) is 11.8 Å². The molecule has 2 N–H and O–H groups in total. The predicted octanol–water partition coefficient (Wildman–Crippen LogP) is 1.44. The monoisotopic (exact) mass is 366 g/mol. The topological polar surface area (TPSA) is 118 Å². The number of aliphatic hydroxyl groups excluding tert-OH is 1. The molecule has 1 aliphatic heterocycles. The third-order valence-corrected chi connectivity index (χ3v) is 4.48. The Balaban J connectivity index is 1.78. The average molecular weight is 366 g/mol. The van der Waals surface area contributed by atoms with Crippen molar-refractivity contribution >= 4 is 22.9 Å². The second-order valence-electron chi connectivity index (χ2n) is 6.36. The molecule has 3 heterocycles. The highest BCUT2D eigenvalue weighted by Crippen LogP contribution is 2.34. The van der Waals surface area contributed by atoms with Crippen LogP contribution in [0, 0.1) is 18.3 Å². The standard InChI is InChI=1S/C18H18N6O3/c1-3-24-14(4-10(2)22-24)17(26)21-18-20-13-5-11(7-19)6-15-16(13)23(18)8-12(9-25)27-15/h4-6,12,25H,3,8-9H2,1-2H3,(H,20,21,26)/t12-/m0/s1. The van der Waals surface area contributed by atoms with Gasteiger partial charge in [-0.1, -0.05) is 0 Å². The maximum Gasteiger partial charge on any atom is 0.276 e. The number of hydrogen-bond acceptors (Lipinski definition) is 6. The molecule has 0 saturated carbocycles. The van der Waals surface area contributed by atoms with Crippen LogP contribution in [0.2, 0.25) is 0 Å². The lowest BCUT2D eigenvalue weighted by molar-refractivity contribution is 0.0952. The van der Waals surface area contributed by atoms with Gasteiger partial charge in [0.25, 0.3) is 5.91 Å². The number of nitriles is 1. The van der Waals surface area contributed by atoms with E-state index in [4.69, 9.17) is 4.74 Å². The van der Waals surface area contributed by atoms with Crippen LogP contribution in [0.1, 0.15) is 28.7 Å². The van der Waals surface area contributed by atoms with E-state index in [0.29, 0.717) is 47.1 Å². The Hall–Kier alpha value is -3.38. The van der Waals surface area contributed by atoms with E-state index in [9.17, 15) is 15.2 Å². The summed E-state index contributed by atoms with van der Waals surface area (Å²) in [5.41, 5.74) is 2.84. The van der Waals surface area contributed by atoms with Gasteiger partial charge in [0, 0.05) is 12.6 Å². The van der Waals surface area contributed by atoms with Crippen LogP contribution in [-0.2, 0) is 13.1 Å². The van der Waals surface area contributed by atoms with Crippen LogP contribution in [0.25, 0.3) is 11.0 Å². The first-order valence-corrected chi connectivity index (χ1v) is 8.61. The fourth-order valence-corrected chi connectivity index (χ4v) is 3.31. The van der Waals surface area contributed by atoms with Gasteiger partial charge in [-0.25, -0.2) is 4.98 Å². The summed E-state index contributed by atoms with van der Waals surface area (Å²) in [7, 11) is 0. The molecule has 1 aromatic carbocycles. The van der Waals surface area contributed by atoms with Gasteiger partial charge >= 0.3 is 0 Å². The number of imidazole rings is 1. The first-order valence-electron chi connectivity index (χ1n) is 8.61. The number of carbonyl (C=O) groups excluding carboxylic acids is 1. The highest BCUT2D eigenvalue weighted by Gasteiger charge is 2.27. The lowest BCUT2D eigenvalue weighted by Crippen LogP contribution is -2.31. The van der Waals surface area contributed by atoms with Crippen LogP contribution in [0.4, 0.5) is 5.95 Å². The smallest absolute Gasteiger partial charge is 0.276 e. The van der Waals surface area contributed by atoms with Gasteiger partial charge in [0.1, 0.15) is 23.1 Å². The highest BCUT2D eigenvalue weighted by molar-refractivity contribution is 6.03. The van der Waals surface area contributed by atoms with Crippen LogP contribution in [0.15, 0.2) is 18.2 Å². The molecule has 0 aliphatic carbocycles. The Labute approximate surface area is 154 Å². The van der Waals surface area contributed by atoms with Crippen molar-refractivity contribution < 1.29 is 14.6 Å². The number of rotatable bonds is 4. The molecule has 1 aliphatic rings. The molecule has 1 atom stereocenters. The van der Waals surface area contributed by atoms with E-state index < -0.39 is 6.10 Å². The summed E-state index contributed by atoms with van der Waals surface area (Å²) in [5.74, 6) is 0.490. The highest BCUT2D eigenvalue weighted by atomic mass is 16.5. The lowest BCUT2D eigenvalue weighted by Gasteiger charge is -2.25. The van der Waals surface area contributed by atoms with Gasteiger partial charge in [-0.05, 0) is 26.0 Å². The second-order valence-corrected chi connectivity index (χ2v) is 6.36. The van der Waals surface area contributed by atoms with Crippen LogP contribution < -0.4 is 10.1 Å². The Bertz CT molecular complexity index is 1090. The van der Waals surface area contributed by atoms with Gasteiger partial charge in [0.2, 0.25) is 5.95 Å². The molecule has 0 bridgehead atoms. The Morgan fingerprint density at radius 1 is 1.48 bits per heavy atom. The summed E-state index contributed by atoms with van der Waals surface area (Å²) < 4.78 is 9.18. The molecule has 4 rings (SSSR count). The van der Waals surface area contributed by atoms with Gasteiger partial charge in [-0.2, -0.15) is 10.4 Å². The summed E-state index contributed by atoms with van der Waals surface area (Å²) in [4.78, 5) is 17.2. The van der Waals surface area contributed by atoms with Crippen molar-refractivity contribution in [2.45, 2.75) is 33.0 Å². The van der Waals surface area contributed by atoms with Crippen LogP contribution >= 0.6 is 0 Å². The number of amides is 1. The van der Waals surface area contributed by atoms with E-state index in [1.807, 2.05) is 13.8 Å².